The first-order valence-corrected chi connectivity index (χ1v) is 11.7. The summed E-state index contributed by atoms with van der Waals surface area (Å²) in [6.45, 7) is 2.14. The molecule has 4 heterocycles. The van der Waals surface area contributed by atoms with Crippen molar-refractivity contribution in [2.75, 3.05) is 18.4 Å². The van der Waals surface area contributed by atoms with Crippen molar-refractivity contribution in [1.82, 2.24) is 29.9 Å². The number of aromatic amines is 2. The van der Waals surface area contributed by atoms with Crippen LogP contribution in [0.25, 0.3) is 11.7 Å². The molecule has 0 spiro atoms. The summed E-state index contributed by atoms with van der Waals surface area (Å²) in [5.74, 6) is 1.04. The SMILES string of the molecule is O=c1[nH]c(O)c(/C=c2\cnn3c(=NC4CC4)cc(Nc4ccc(C5CCNCC5)cc4)nc23)[nH]1. The monoisotopic (exact) mass is 458 g/mol. The van der Waals surface area contributed by atoms with E-state index in [9.17, 15) is 9.90 Å². The number of piperidine rings is 1. The number of fused-ring (bicyclic) bond motifs is 1. The number of aromatic hydroxyl groups is 1. The molecule has 1 saturated carbocycles. The van der Waals surface area contributed by atoms with E-state index < -0.39 is 5.69 Å². The minimum Gasteiger partial charge on any atom is -0.493 e. The Kier molecular flexibility index (Phi) is 5.14. The van der Waals surface area contributed by atoms with Gasteiger partial charge in [-0.1, -0.05) is 12.1 Å². The quantitative estimate of drug-likeness (QED) is 0.306. The standard InChI is InChI=1S/C24H26N8O2/c33-23-19(29-24(34)31-23)11-16-13-26-32-21(28-18-5-6-18)12-20(30-22(16)32)27-17-3-1-14(2-4-17)15-7-9-25-10-8-15/h1-4,11-13,15,18,25,27,33H,5-10H2,(H2,29,31,34)/b16-11+,28-21?. The van der Waals surface area contributed by atoms with Gasteiger partial charge in [-0.25, -0.2) is 9.78 Å². The van der Waals surface area contributed by atoms with Crippen molar-refractivity contribution in [3.05, 3.63) is 69.0 Å². The van der Waals surface area contributed by atoms with Crippen LogP contribution in [0, 0.1) is 0 Å². The largest absolute Gasteiger partial charge is 0.493 e. The second-order valence-electron chi connectivity index (χ2n) is 8.95. The van der Waals surface area contributed by atoms with Gasteiger partial charge in [0.25, 0.3) is 0 Å². The summed E-state index contributed by atoms with van der Waals surface area (Å²) < 4.78 is 1.69. The van der Waals surface area contributed by atoms with Crippen LogP contribution in [-0.2, 0) is 0 Å². The molecule has 34 heavy (non-hydrogen) atoms. The maximum Gasteiger partial charge on any atom is 0.326 e. The molecule has 3 aromatic heterocycles. The van der Waals surface area contributed by atoms with Crippen molar-refractivity contribution in [2.45, 2.75) is 37.6 Å². The number of hydrogen-bond acceptors (Lipinski definition) is 7. The summed E-state index contributed by atoms with van der Waals surface area (Å²) in [5, 5.41) is 21.9. The molecule has 2 aliphatic rings. The normalized spacial score (nSPS) is 18.1. The van der Waals surface area contributed by atoms with E-state index in [2.05, 4.69) is 50.0 Å². The molecule has 0 amide bonds. The van der Waals surface area contributed by atoms with Gasteiger partial charge in [0, 0.05) is 17.0 Å². The zero-order chi connectivity index (χ0) is 23.1. The Morgan fingerprint density at radius 3 is 2.62 bits per heavy atom. The Labute approximate surface area is 194 Å². The van der Waals surface area contributed by atoms with Gasteiger partial charge in [0.05, 0.1) is 12.2 Å². The molecule has 10 heteroatoms. The highest BCUT2D eigenvalue weighted by atomic mass is 16.3. The maximum absolute atomic E-state index is 11.5. The lowest BCUT2D eigenvalue weighted by molar-refractivity contribution is 0.454. The molecule has 10 nitrogen and oxygen atoms in total. The number of nitrogens with zero attached hydrogens (tertiary/aromatic N) is 4. The lowest BCUT2D eigenvalue weighted by Gasteiger charge is -2.23. The van der Waals surface area contributed by atoms with Gasteiger partial charge in [-0.3, -0.25) is 9.98 Å². The van der Waals surface area contributed by atoms with E-state index in [1.165, 1.54) is 18.4 Å². The van der Waals surface area contributed by atoms with E-state index in [-0.39, 0.29) is 11.6 Å². The second-order valence-corrected chi connectivity index (χ2v) is 8.95. The minimum absolute atomic E-state index is 0.227. The van der Waals surface area contributed by atoms with Gasteiger partial charge < -0.3 is 20.7 Å². The van der Waals surface area contributed by atoms with Gasteiger partial charge in [-0.2, -0.15) is 9.61 Å². The van der Waals surface area contributed by atoms with Crippen LogP contribution in [-0.4, -0.2) is 48.8 Å². The fourth-order valence-corrected chi connectivity index (χ4v) is 4.40. The van der Waals surface area contributed by atoms with Crippen molar-refractivity contribution in [3.8, 4) is 5.88 Å². The van der Waals surface area contributed by atoms with Gasteiger partial charge >= 0.3 is 5.69 Å². The van der Waals surface area contributed by atoms with E-state index in [4.69, 9.17) is 9.98 Å². The molecule has 6 rings (SSSR count). The highest BCUT2D eigenvalue weighted by Gasteiger charge is 2.20. The van der Waals surface area contributed by atoms with Crippen LogP contribution in [0.5, 0.6) is 5.88 Å². The van der Waals surface area contributed by atoms with E-state index >= 15 is 0 Å². The van der Waals surface area contributed by atoms with Crippen molar-refractivity contribution in [2.24, 2.45) is 4.99 Å². The third kappa shape index (κ3) is 4.19. The molecule has 2 fully saturated rings. The molecule has 174 valence electrons. The van der Waals surface area contributed by atoms with Gasteiger partial charge in [-0.15, -0.1) is 0 Å². The Balaban J connectivity index is 1.37. The first-order valence-electron chi connectivity index (χ1n) is 11.7. The van der Waals surface area contributed by atoms with Crippen LogP contribution in [0.2, 0.25) is 0 Å². The second kappa shape index (κ2) is 8.45. The number of H-pyrrole nitrogens is 2. The van der Waals surface area contributed by atoms with Crippen molar-refractivity contribution in [1.29, 1.82) is 0 Å². The van der Waals surface area contributed by atoms with Crippen LogP contribution < -0.4 is 27.0 Å². The zero-order valence-corrected chi connectivity index (χ0v) is 18.6. The molecular weight excluding hydrogens is 432 g/mol. The minimum atomic E-state index is -0.479. The van der Waals surface area contributed by atoms with Crippen molar-refractivity contribution < 1.29 is 5.11 Å². The third-order valence-corrected chi connectivity index (χ3v) is 6.37. The highest BCUT2D eigenvalue weighted by molar-refractivity contribution is 5.61. The lowest BCUT2D eigenvalue weighted by Crippen LogP contribution is -2.26. The fraction of sp³-hybridized carbons (Fsp3) is 0.333. The maximum atomic E-state index is 11.5. The first-order chi connectivity index (χ1) is 16.6. The number of imidazole rings is 1. The van der Waals surface area contributed by atoms with E-state index in [1.807, 2.05) is 6.07 Å². The van der Waals surface area contributed by atoms with E-state index in [0.717, 1.165) is 31.6 Å². The summed E-state index contributed by atoms with van der Waals surface area (Å²) in [7, 11) is 0. The third-order valence-electron chi connectivity index (χ3n) is 6.37. The number of anilines is 2. The Bertz CT molecular complexity index is 1510. The summed E-state index contributed by atoms with van der Waals surface area (Å²) in [4.78, 5) is 26.0. The van der Waals surface area contributed by atoms with Crippen LogP contribution >= 0.6 is 0 Å². The van der Waals surface area contributed by atoms with Gasteiger partial charge in [0.2, 0.25) is 5.88 Å². The van der Waals surface area contributed by atoms with Gasteiger partial charge in [-0.05, 0) is 68.5 Å². The lowest BCUT2D eigenvalue weighted by atomic mass is 9.90. The smallest absolute Gasteiger partial charge is 0.326 e. The summed E-state index contributed by atoms with van der Waals surface area (Å²) >= 11 is 0. The summed E-state index contributed by atoms with van der Waals surface area (Å²) in [6, 6.07) is 10.8. The zero-order valence-electron chi connectivity index (χ0n) is 18.6. The Morgan fingerprint density at radius 1 is 1.12 bits per heavy atom. The number of benzene rings is 1. The number of rotatable bonds is 5. The molecule has 1 aliphatic carbocycles. The van der Waals surface area contributed by atoms with Gasteiger partial charge in [0.15, 0.2) is 11.1 Å². The molecule has 1 aromatic carbocycles. The fourth-order valence-electron chi connectivity index (χ4n) is 4.40. The average Bonchev–Trinajstić information content (AvgIpc) is 3.48. The Morgan fingerprint density at radius 2 is 1.91 bits per heavy atom. The first kappa shape index (κ1) is 20.7. The molecule has 4 aromatic rings. The topological polar surface area (TPSA) is 135 Å². The molecule has 1 saturated heterocycles. The van der Waals surface area contributed by atoms with Crippen LogP contribution in [0.1, 0.15) is 42.9 Å². The number of nitrogens with one attached hydrogen (secondary N) is 4. The Hall–Kier alpha value is -3.92. The number of hydrogen-bond donors (Lipinski definition) is 5. The van der Waals surface area contributed by atoms with Crippen molar-refractivity contribution >= 4 is 23.2 Å². The van der Waals surface area contributed by atoms with Crippen molar-refractivity contribution in [3.63, 3.8) is 0 Å². The summed E-state index contributed by atoms with van der Waals surface area (Å²) in [6.07, 6.45) is 7.77. The highest BCUT2D eigenvalue weighted by Crippen LogP contribution is 2.27. The molecule has 0 radical (unpaired) electrons. The molecule has 0 bridgehead atoms. The molecule has 5 N–H and O–H groups in total. The molecular formula is C24H26N8O2. The van der Waals surface area contributed by atoms with E-state index in [1.54, 1.807) is 16.8 Å². The van der Waals surface area contributed by atoms with E-state index in [0.29, 0.717) is 34.1 Å². The number of aromatic nitrogens is 5. The predicted molar refractivity (Wildman–Crippen MR) is 128 cm³/mol. The van der Waals surface area contributed by atoms with Crippen LogP contribution in [0.15, 0.2) is 46.3 Å². The molecule has 0 atom stereocenters. The molecule has 1 aliphatic heterocycles. The predicted octanol–water partition coefficient (Wildman–Crippen LogP) is 1.27. The average molecular weight is 459 g/mol. The van der Waals surface area contributed by atoms with Crippen LogP contribution in [0.3, 0.4) is 0 Å². The molecule has 0 unspecified atom stereocenters. The van der Waals surface area contributed by atoms with Crippen LogP contribution in [0.4, 0.5) is 11.5 Å². The summed E-state index contributed by atoms with van der Waals surface area (Å²) in [5.41, 5.74) is 3.41. The van der Waals surface area contributed by atoms with Gasteiger partial charge in [0.1, 0.15) is 11.5 Å².